The molecule has 0 aromatic heterocycles. The van der Waals surface area contributed by atoms with Crippen molar-refractivity contribution in [3.05, 3.63) is 46.2 Å². The van der Waals surface area contributed by atoms with Gasteiger partial charge >= 0.3 is 0 Å². The van der Waals surface area contributed by atoms with Crippen LogP contribution in [0.4, 0.5) is 4.39 Å². The van der Waals surface area contributed by atoms with Gasteiger partial charge in [0.15, 0.2) is 0 Å². The van der Waals surface area contributed by atoms with Crippen molar-refractivity contribution in [2.24, 2.45) is 0 Å². The number of carbonyl (C=O) groups is 2. The minimum Gasteiger partial charge on any atom is -0.342 e. The fourth-order valence-corrected chi connectivity index (χ4v) is 4.08. The Labute approximate surface area is 149 Å². The molecule has 3 rings (SSSR count). The second-order valence-corrected chi connectivity index (χ2v) is 7.07. The van der Waals surface area contributed by atoms with E-state index in [1.165, 1.54) is 23.9 Å². The highest BCUT2D eigenvalue weighted by Gasteiger charge is 2.30. The summed E-state index contributed by atoms with van der Waals surface area (Å²) in [4.78, 5) is 26.1. The third-order valence-electron chi connectivity index (χ3n) is 4.43. The van der Waals surface area contributed by atoms with E-state index in [0.717, 1.165) is 31.5 Å². The van der Waals surface area contributed by atoms with Crippen LogP contribution in [0.25, 0.3) is 0 Å². The highest BCUT2D eigenvalue weighted by molar-refractivity contribution is 8.03. The fraction of sp³-hybridized carbons (Fsp3) is 0.389. The number of halogens is 1. The number of hydrogen-bond acceptors (Lipinski definition) is 4. The molecule has 1 N–H and O–H groups in total. The lowest BCUT2D eigenvalue weighted by Crippen LogP contribution is -2.33. The lowest BCUT2D eigenvalue weighted by atomic mass is 9.87. The number of nitrogens with zero attached hydrogens (tertiary/aromatic N) is 2. The van der Waals surface area contributed by atoms with E-state index in [1.807, 2.05) is 4.90 Å². The Morgan fingerprint density at radius 3 is 2.64 bits per heavy atom. The molecule has 0 bridgehead atoms. The van der Waals surface area contributed by atoms with Crippen LogP contribution < -0.4 is 5.32 Å². The number of nitriles is 1. The number of benzene rings is 1. The molecule has 1 fully saturated rings. The third-order valence-corrected chi connectivity index (χ3v) is 5.43. The molecule has 130 valence electrons. The normalized spacial score (nSPS) is 20.4. The number of allylic oxidation sites excluding steroid dienone is 1. The zero-order valence-corrected chi connectivity index (χ0v) is 14.4. The van der Waals surface area contributed by atoms with E-state index >= 15 is 0 Å². The van der Waals surface area contributed by atoms with Crippen LogP contribution in [-0.4, -0.2) is 35.6 Å². The molecule has 0 spiro atoms. The first kappa shape index (κ1) is 17.5. The van der Waals surface area contributed by atoms with Crippen LogP contribution in [0.3, 0.4) is 0 Å². The van der Waals surface area contributed by atoms with E-state index in [4.69, 9.17) is 0 Å². The molecule has 0 unspecified atom stereocenters. The Morgan fingerprint density at radius 1 is 1.32 bits per heavy atom. The molecular weight excluding hydrogens is 341 g/mol. The van der Waals surface area contributed by atoms with Crippen molar-refractivity contribution in [2.75, 3.05) is 18.8 Å². The molecule has 2 aliphatic rings. The summed E-state index contributed by atoms with van der Waals surface area (Å²) >= 11 is 1.19. The van der Waals surface area contributed by atoms with Crippen LogP contribution in [0.1, 0.15) is 30.7 Å². The zero-order chi connectivity index (χ0) is 17.8. The van der Waals surface area contributed by atoms with Gasteiger partial charge in [-0.25, -0.2) is 4.39 Å². The third kappa shape index (κ3) is 4.02. The van der Waals surface area contributed by atoms with Gasteiger partial charge in [-0.15, -0.1) is 0 Å². The van der Waals surface area contributed by atoms with E-state index in [2.05, 4.69) is 11.4 Å². The van der Waals surface area contributed by atoms with Gasteiger partial charge in [0.1, 0.15) is 5.82 Å². The maximum atomic E-state index is 13.1. The predicted molar refractivity (Wildman–Crippen MR) is 92.8 cm³/mol. The fourth-order valence-electron chi connectivity index (χ4n) is 3.10. The molecule has 2 heterocycles. The van der Waals surface area contributed by atoms with Crippen molar-refractivity contribution in [3.63, 3.8) is 0 Å². The second kappa shape index (κ2) is 7.70. The van der Waals surface area contributed by atoms with Gasteiger partial charge in [-0.2, -0.15) is 5.26 Å². The zero-order valence-electron chi connectivity index (χ0n) is 13.6. The first-order chi connectivity index (χ1) is 12.1. The van der Waals surface area contributed by atoms with Gasteiger partial charge in [-0.05, 0) is 30.5 Å². The summed E-state index contributed by atoms with van der Waals surface area (Å²) in [6, 6.07) is 7.98. The topological polar surface area (TPSA) is 73.2 Å². The molecule has 1 saturated heterocycles. The number of likely N-dealkylation sites (tertiary alicyclic amines) is 1. The maximum absolute atomic E-state index is 13.1. The predicted octanol–water partition coefficient (Wildman–Crippen LogP) is 2.52. The average Bonchev–Trinajstić information content (AvgIpc) is 3.14. The van der Waals surface area contributed by atoms with Crippen molar-refractivity contribution < 1.29 is 14.0 Å². The molecular formula is C18H18FN3O2S. The standard InChI is InChI=1S/C18H18FN3O2S/c19-13-5-3-12(4-6-13)14-9-16(23)21-18(15(14)10-20)25-11-17(24)22-7-1-2-8-22/h3-6,14H,1-2,7-9,11H2,(H,21,23)/t14-/m0/s1. The summed E-state index contributed by atoms with van der Waals surface area (Å²) in [6.45, 7) is 1.54. The molecule has 7 heteroatoms. The molecule has 1 atom stereocenters. The molecule has 0 radical (unpaired) electrons. The maximum Gasteiger partial charge on any atom is 0.232 e. The number of hydrogen-bond donors (Lipinski definition) is 1. The molecule has 5 nitrogen and oxygen atoms in total. The Kier molecular flexibility index (Phi) is 5.39. The summed E-state index contributed by atoms with van der Waals surface area (Å²) in [6.07, 6.45) is 2.18. The van der Waals surface area contributed by atoms with E-state index in [9.17, 15) is 19.2 Å². The summed E-state index contributed by atoms with van der Waals surface area (Å²) in [5.41, 5.74) is 1.14. The lowest BCUT2D eigenvalue weighted by molar-refractivity contribution is -0.127. The first-order valence-electron chi connectivity index (χ1n) is 8.18. The van der Waals surface area contributed by atoms with Crippen molar-refractivity contribution in [1.82, 2.24) is 10.2 Å². The monoisotopic (exact) mass is 359 g/mol. The number of amides is 2. The average molecular weight is 359 g/mol. The second-order valence-electron chi connectivity index (χ2n) is 6.09. The number of nitrogens with one attached hydrogen (secondary N) is 1. The van der Waals surface area contributed by atoms with Gasteiger partial charge in [0.2, 0.25) is 11.8 Å². The van der Waals surface area contributed by atoms with Crippen LogP contribution >= 0.6 is 11.8 Å². The molecule has 25 heavy (non-hydrogen) atoms. The Balaban J connectivity index is 1.79. The summed E-state index contributed by atoms with van der Waals surface area (Å²) in [5, 5.41) is 12.7. The van der Waals surface area contributed by atoms with Crippen molar-refractivity contribution in [3.8, 4) is 6.07 Å². The van der Waals surface area contributed by atoms with E-state index in [1.54, 1.807) is 12.1 Å². The van der Waals surface area contributed by atoms with E-state index < -0.39 is 5.92 Å². The smallest absolute Gasteiger partial charge is 0.232 e. The Hall–Kier alpha value is -2.33. The largest absolute Gasteiger partial charge is 0.342 e. The van der Waals surface area contributed by atoms with Gasteiger partial charge in [-0.1, -0.05) is 23.9 Å². The lowest BCUT2D eigenvalue weighted by Gasteiger charge is -2.25. The molecule has 0 saturated carbocycles. The highest BCUT2D eigenvalue weighted by Crippen LogP contribution is 2.36. The Morgan fingerprint density at radius 2 is 2.00 bits per heavy atom. The van der Waals surface area contributed by atoms with E-state index in [0.29, 0.717) is 10.6 Å². The summed E-state index contributed by atoms with van der Waals surface area (Å²) in [5.74, 6) is -0.771. The van der Waals surface area contributed by atoms with Gasteiger partial charge < -0.3 is 10.2 Å². The van der Waals surface area contributed by atoms with Crippen LogP contribution in [0, 0.1) is 17.1 Å². The van der Waals surface area contributed by atoms with Gasteiger partial charge in [0.05, 0.1) is 22.4 Å². The van der Waals surface area contributed by atoms with Crippen LogP contribution in [0.15, 0.2) is 34.9 Å². The van der Waals surface area contributed by atoms with Crippen molar-refractivity contribution in [2.45, 2.75) is 25.2 Å². The minimum atomic E-state index is -0.413. The van der Waals surface area contributed by atoms with Crippen LogP contribution in [0.5, 0.6) is 0 Å². The molecule has 2 aliphatic heterocycles. The minimum absolute atomic E-state index is 0.0189. The van der Waals surface area contributed by atoms with Gasteiger partial charge in [0.25, 0.3) is 0 Å². The molecule has 1 aromatic carbocycles. The summed E-state index contributed by atoms with van der Waals surface area (Å²) < 4.78 is 13.1. The van der Waals surface area contributed by atoms with E-state index in [-0.39, 0.29) is 29.8 Å². The van der Waals surface area contributed by atoms with Crippen LogP contribution in [-0.2, 0) is 9.59 Å². The van der Waals surface area contributed by atoms with Gasteiger partial charge in [0, 0.05) is 25.4 Å². The van der Waals surface area contributed by atoms with Crippen LogP contribution in [0.2, 0.25) is 0 Å². The quantitative estimate of drug-likeness (QED) is 0.897. The molecule has 0 aliphatic carbocycles. The first-order valence-corrected chi connectivity index (χ1v) is 9.17. The number of rotatable bonds is 4. The van der Waals surface area contributed by atoms with Crippen molar-refractivity contribution >= 4 is 23.6 Å². The number of thioether (sulfide) groups is 1. The Bertz CT molecular complexity index is 749. The SMILES string of the molecule is N#CC1=C(SCC(=O)N2CCCC2)NC(=O)C[C@H]1c1ccc(F)cc1. The molecule has 1 aromatic rings. The summed E-state index contributed by atoms with van der Waals surface area (Å²) in [7, 11) is 0. The van der Waals surface area contributed by atoms with Gasteiger partial charge in [-0.3, -0.25) is 9.59 Å². The highest BCUT2D eigenvalue weighted by atomic mass is 32.2. The number of carbonyl (C=O) groups excluding carboxylic acids is 2. The van der Waals surface area contributed by atoms with Crippen molar-refractivity contribution in [1.29, 1.82) is 5.26 Å². The molecule has 2 amide bonds.